The van der Waals surface area contributed by atoms with Gasteiger partial charge >= 0.3 is 11.9 Å². The van der Waals surface area contributed by atoms with Crippen LogP contribution in [0.25, 0.3) is 6.08 Å². The maximum Gasteiger partial charge on any atom is 0.335 e. The number of carboxylic acids is 2. The normalized spacial score (nSPS) is 11.5. The molecule has 0 fully saturated rings. The summed E-state index contributed by atoms with van der Waals surface area (Å²) in [6.45, 7) is 4.12. The van der Waals surface area contributed by atoms with Crippen LogP contribution < -0.4 is 9.44 Å². The second-order valence-corrected chi connectivity index (χ2v) is 17.9. The Kier molecular flexibility index (Phi) is 16.2. The number of hydrogen-bond acceptors (Lipinski definition) is 6. The molecule has 4 N–H and O–H groups in total. The smallest absolute Gasteiger partial charge is 0.335 e. The lowest BCUT2D eigenvalue weighted by Crippen LogP contribution is -2.14. The number of carboxylic acid groups (broad SMARTS) is 2. The van der Waals surface area contributed by atoms with E-state index >= 15 is 0 Å². The minimum Gasteiger partial charge on any atom is -0.478 e. The summed E-state index contributed by atoms with van der Waals surface area (Å²) >= 11 is 0. The molecule has 0 radical (unpaired) electrons. The summed E-state index contributed by atoms with van der Waals surface area (Å²) in [4.78, 5) is 23.0. The molecule has 0 aliphatic carbocycles. The molecular formula is C49H50N2O8S2. The molecule has 10 nitrogen and oxygen atoms in total. The van der Waals surface area contributed by atoms with E-state index in [9.17, 15) is 36.6 Å². The van der Waals surface area contributed by atoms with E-state index in [2.05, 4.69) is 23.3 Å². The van der Waals surface area contributed by atoms with Crippen molar-refractivity contribution in [2.45, 2.75) is 63.2 Å². The van der Waals surface area contributed by atoms with Gasteiger partial charge in [-0.25, -0.2) is 26.4 Å². The van der Waals surface area contributed by atoms with Gasteiger partial charge in [-0.2, -0.15) is 0 Å². The zero-order chi connectivity index (χ0) is 43.8. The highest BCUT2D eigenvalue weighted by atomic mass is 32.2. The van der Waals surface area contributed by atoms with Gasteiger partial charge in [0, 0.05) is 0 Å². The lowest BCUT2D eigenvalue weighted by Gasteiger charge is -2.14. The Labute approximate surface area is 358 Å². The molecule has 6 aromatic rings. The molecule has 0 aliphatic heterocycles. The number of nitrogens with one attached hydrogen (secondary N) is 2. The van der Waals surface area contributed by atoms with Crippen LogP contribution in [0.4, 0.5) is 11.4 Å². The van der Waals surface area contributed by atoms with Gasteiger partial charge in [0.25, 0.3) is 20.0 Å². The monoisotopic (exact) mass is 858 g/mol. The Morgan fingerprint density at radius 2 is 0.934 bits per heavy atom. The summed E-state index contributed by atoms with van der Waals surface area (Å²) in [5.74, 6) is -1.55. The molecule has 0 spiro atoms. The molecule has 316 valence electrons. The van der Waals surface area contributed by atoms with Crippen LogP contribution in [-0.4, -0.2) is 39.0 Å². The summed E-state index contributed by atoms with van der Waals surface area (Å²) in [6, 6.07) is 44.6. The topological polar surface area (TPSA) is 167 Å². The highest BCUT2D eigenvalue weighted by molar-refractivity contribution is 7.95. The van der Waals surface area contributed by atoms with E-state index in [0.29, 0.717) is 66.9 Å². The van der Waals surface area contributed by atoms with Crippen molar-refractivity contribution in [2.24, 2.45) is 0 Å². The number of sulfonamides is 2. The zero-order valence-electron chi connectivity index (χ0n) is 34.1. The van der Waals surface area contributed by atoms with Crippen molar-refractivity contribution < 1.29 is 36.6 Å². The molecule has 0 atom stereocenters. The molecule has 0 unspecified atom stereocenters. The van der Waals surface area contributed by atoms with E-state index in [-0.39, 0.29) is 4.90 Å². The van der Waals surface area contributed by atoms with Crippen molar-refractivity contribution in [3.8, 4) is 0 Å². The Balaban J connectivity index is 0.000000231. The number of para-hydroxylation sites is 2. The number of aryl methyl sites for hydroxylation is 4. The van der Waals surface area contributed by atoms with Gasteiger partial charge in [-0.3, -0.25) is 9.44 Å². The van der Waals surface area contributed by atoms with Crippen LogP contribution in [-0.2, 0) is 45.7 Å². The third-order valence-corrected chi connectivity index (χ3v) is 12.3. The average molecular weight is 859 g/mol. The van der Waals surface area contributed by atoms with Gasteiger partial charge < -0.3 is 10.2 Å². The van der Waals surface area contributed by atoms with Crippen LogP contribution in [0.15, 0.2) is 162 Å². The lowest BCUT2D eigenvalue weighted by atomic mass is 9.99. The number of aromatic carboxylic acids is 2. The largest absolute Gasteiger partial charge is 0.478 e. The summed E-state index contributed by atoms with van der Waals surface area (Å²) in [7, 11) is -7.36. The van der Waals surface area contributed by atoms with Gasteiger partial charge in [0.2, 0.25) is 0 Å². The van der Waals surface area contributed by atoms with Crippen molar-refractivity contribution in [1.82, 2.24) is 0 Å². The minimum absolute atomic E-state index is 0.224. The second-order valence-electron chi connectivity index (χ2n) is 14.6. The van der Waals surface area contributed by atoms with E-state index in [4.69, 9.17) is 0 Å². The molecule has 6 aromatic carbocycles. The SMILES string of the molecule is CC(C)c1ccc(S(=O)(=O)Nc2ccccc2CCCc2ccccc2C(=O)O)cc1.O=C(O)c1ccccc1CCCc1ccccc1NS(=O)(=O)/C=C/c1ccccc1. The zero-order valence-corrected chi connectivity index (χ0v) is 35.7. The fraction of sp³-hybridized carbons (Fsp3) is 0.184. The maximum atomic E-state index is 12.9. The van der Waals surface area contributed by atoms with Gasteiger partial charge in [-0.05, 0) is 120 Å². The first-order valence-electron chi connectivity index (χ1n) is 19.9. The molecule has 0 bridgehead atoms. The summed E-state index contributed by atoms with van der Waals surface area (Å²) in [5.41, 5.74) is 6.85. The van der Waals surface area contributed by atoms with Gasteiger partial charge in [-0.15, -0.1) is 0 Å². The second kappa shape index (κ2) is 21.7. The Morgan fingerprint density at radius 1 is 0.525 bits per heavy atom. The first kappa shape index (κ1) is 45.6. The molecular weight excluding hydrogens is 809 g/mol. The molecule has 0 saturated carbocycles. The molecule has 61 heavy (non-hydrogen) atoms. The van der Waals surface area contributed by atoms with E-state index in [1.807, 2.05) is 91.0 Å². The molecule has 0 heterocycles. The summed E-state index contributed by atoms with van der Waals surface area (Å²) in [5, 5.41) is 19.8. The van der Waals surface area contributed by atoms with E-state index in [1.165, 1.54) is 0 Å². The predicted molar refractivity (Wildman–Crippen MR) is 243 cm³/mol. The average Bonchev–Trinajstić information content (AvgIpc) is 3.25. The van der Waals surface area contributed by atoms with Gasteiger partial charge in [0.15, 0.2) is 0 Å². The Hall–Kier alpha value is -6.50. The standard InChI is InChI=1S/C25H27NO4S.C24H23NO4S/c1-18(2)19-14-16-22(17-15-19)31(29,30)26-24-13-6-4-9-21(24)11-7-10-20-8-3-5-12-23(20)25(27)28;26-24(27)22-15-6-4-11-20(22)13-8-14-21-12-5-7-16-23(21)25-30(28,29)18-17-19-9-2-1-3-10-19/h3-6,8-9,12-18,26H,7,10-11H2,1-2H3,(H,27,28);1-7,9-12,15-18,25H,8,13-14H2,(H,26,27)/b;18-17+. The third kappa shape index (κ3) is 13.8. The number of rotatable bonds is 18. The fourth-order valence-corrected chi connectivity index (χ4v) is 8.67. The Bertz CT molecular complexity index is 2660. The van der Waals surface area contributed by atoms with Crippen molar-refractivity contribution in [3.63, 3.8) is 0 Å². The van der Waals surface area contributed by atoms with Crippen molar-refractivity contribution in [3.05, 3.63) is 202 Å². The van der Waals surface area contributed by atoms with Crippen LogP contribution >= 0.6 is 0 Å². The Morgan fingerprint density at radius 3 is 1.41 bits per heavy atom. The van der Waals surface area contributed by atoms with E-state index < -0.39 is 32.0 Å². The number of carbonyl (C=O) groups is 2. The van der Waals surface area contributed by atoms with Crippen molar-refractivity contribution in [2.75, 3.05) is 9.44 Å². The van der Waals surface area contributed by atoms with Gasteiger partial charge in [0.05, 0.1) is 32.8 Å². The predicted octanol–water partition coefficient (Wildman–Crippen LogP) is 10.5. The van der Waals surface area contributed by atoms with Gasteiger partial charge in [0.1, 0.15) is 0 Å². The molecule has 0 amide bonds. The number of benzene rings is 6. The van der Waals surface area contributed by atoms with E-state index in [1.54, 1.807) is 66.7 Å². The van der Waals surface area contributed by atoms with Crippen molar-refractivity contribution in [1.29, 1.82) is 0 Å². The van der Waals surface area contributed by atoms with Crippen LogP contribution in [0.3, 0.4) is 0 Å². The van der Waals surface area contributed by atoms with Gasteiger partial charge in [-0.1, -0.05) is 129 Å². The number of anilines is 2. The molecule has 6 rings (SSSR count). The van der Waals surface area contributed by atoms with Crippen LogP contribution in [0.1, 0.15) is 86.7 Å². The van der Waals surface area contributed by atoms with Crippen LogP contribution in [0.2, 0.25) is 0 Å². The van der Waals surface area contributed by atoms with Crippen LogP contribution in [0.5, 0.6) is 0 Å². The highest BCUT2D eigenvalue weighted by Gasteiger charge is 2.17. The number of hydrogen-bond donors (Lipinski definition) is 4. The highest BCUT2D eigenvalue weighted by Crippen LogP contribution is 2.25. The molecule has 0 saturated heterocycles. The lowest BCUT2D eigenvalue weighted by molar-refractivity contribution is 0.0684. The quantitative estimate of drug-likeness (QED) is 0.0663. The summed E-state index contributed by atoms with van der Waals surface area (Å²) < 4.78 is 56.0. The minimum atomic E-state index is -3.70. The molecule has 12 heteroatoms. The first-order valence-corrected chi connectivity index (χ1v) is 22.9. The third-order valence-electron chi connectivity index (χ3n) is 9.91. The maximum absolute atomic E-state index is 12.9. The summed E-state index contributed by atoms with van der Waals surface area (Å²) in [6.07, 6.45) is 5.38. The van der Waals surface area contributed by atoms with Crippen molar-refractivity contribution >= 4 is 49.4 Å². The van der Waals surface area contributed by atoms with E-state index in [0.717, 1.165) is 38.8 Å². The first-order chi connectivity index (χ1) is 29.2. The molecule has 0 aromatic heterocycles. The molecule has 0 aliphatic rings. The fourth-order valence-electron chi connectivity index (χ4n) is 6.66. The van der Waals surface area contributed by atoms with Crippen LogP contribution in [0, 0.1) is 0 Å².